The fourth-order valence-corrected chi connectivity index (χ4v) is 3.31. The number of carbonyl (C=O) groups is 1. The topological polar surface area (TPSA) is 35.9 Å². The van der Waals surface area contributed by atoms with Crippen molar-refractivity contribution < 1.29 is 13.6 Å². The summed E-state index contributed by atoms with van der Waals surface area (Å²) in [5.74, 6) is -1.19. The zero-order valence-corrected chi connectivity index (χ0v) is 16.3. The maximum Gasteiger partial charge on any atom is 0.247 e. The molecule has 4 nitrogen and oxygen atoms in total. The second kappa shape index (κ2) is 9.06. The monoisotopic (exact) mass is 385 g/mol. The smallest absolute Gasteiger partial charge is 0.247 e. The van der Waals surface area contributed by atoms with Gasteiger partial charge in [-0.05, 0) is 62.8 Å². The third-order valence-corrected chi connectivity index (χ3v) is 4.75. The van der Waals surface area contributed by atoms with Gasteiger partial charge in [0.15, 0.2) is 0 Å². The Balaban J connectivity index is 1.64. The number of halogens is 2. The van der Waals surface area contributed by atoms with Crippen molar-refractivity contribution >= 4 is 11.6 Å². The Morgan fingerprint density at radius 2 is 1.93 bits per heavy atom. The number of amides is 1. The molecule has 28 heavy (non-hydrogen) atoms. The molecule has 1 aliphatic rings. The Labute approximate surface area is 164 Å². The van der Waals surface area contributed by atoms with Crippen molar-refractivity contribution in [3.8, 4) is 0 Å². The van der Waals surface area contributed by atoms with Crippen molar-refractivity contribution in [1.29, 1.82) is 0 Å². The minimum absolute atomic E-state index is 0.123. The van der Waals surface area contributed by atoms with Gasteiger partial charge in [-0.1, -0.05) is 24.3 Å². The minimum Gasteiger partial charge on any atom is -0.309 e. The van der Waals surface area contributed by atoms with E-state index in [1.54, 1.807) is 0 Å². The average molecular weight is 385 g/mol. The molecule has 0 saturated carbocycles. The predicted molar refractivity (Wildman–Crippen MR) is 106 cm³/mol. The van der Waals surface area contributed by atoms with Crippen molar-refractivity contribution in [3.05, 3.63) is 70.8 Å². The zero-order chi connectivity index (χ0) is 20.1. The van der Waals surface area contributed by atoms with Gasteiger partial charge in [-0.2, -0.15) is 5.10 Å². The molecule has 0 aliphatic carbocycles. The van der Waals surface area contributed by atoms with Crippen LogP contribution in [0.4, 0.5) is 8.78 Å². The third kappa shape index (κ3) is 5.23. The van der Waals surface area contributed by atoms with Gasteiger partial charge < -0.3 is 4.90 Å². The van der Waals surface area contributed by atoms with E-state index in [-0.39, 0.29) is 17.9 Å². The highest BCUT2D eigenvalue weighted by Gasteiger charge is 2.23. The first kappa shape index (κ1) is 20.1. The number of hydrogen-bond acceptors (Lipinski definition) is 3. The molecule has 6 heteroatoms. The fourth-order valence-electron chi connectivity index (χ4n) is 3.31. The average Bonchev–Trinajstić information content (AvgIpc) is 3.14. The molecule has 2 aromatic rings. The van der Waals surface area contributed by atoms with E-state index in [9.17, 15) is 13.6 Å². The molecule has 0 radical (unpaired) electrons. The van der Waals surface area contributed by atoms with Crippen molar-refractivity contribution in [2.24, 2.45) is 5.10 Å². The maximum absolute atomic E-state index is 13.9. The Bertz CT molecular complexity index is 880. The summed E-state index contributed by atoms with van der Waals surface area (Å²) in [5, 5.41) is 5.60. The number of carbonyl (C=O) groups excluding carboxylic acids is 1. The molecule has 1 heterocycles. The van der Waals surface area contributed by atoms with Crippen LogP contribution < -0.4 is 0 Å². The first-order valence-corrected chi connectivity index (χ1v) is 9.48. The molecule has 0 saturated heterocycles. The second-order valence-corrected chi connectivity index (χ2v) is 7.34. The normalized spacial score (nSPS) is 13.9. The van der Waals surface area contributed by atoms with Crippen LogP contribution in [0.3, 0.4) is 0 Å². The molecule has 0 bridgehead atoms. The minimum atomic E-state index is -0.528. The van der Waals surface area contributed by atoms with E-state index < -0.39 is 11.6 Å². The SMILES string of the molecule is CN(C)CCCc1cccc(CC(=O)N2CCC(c3cc(F)ccc3F)=N2)c1. The zero-order valence-electron chi connectivity index (χ0n) is 16.3. The Kier molecular flexibility index (Phi) is 6.52. The van der Waals surface area contributed by atoms with Crippen molar-refractivity contribution in [2.45, 2.75) is 25.7 Å². The number of hydrazone groups is 1. The Hall–Kier alpha value is -2.60. The van der Waals surface area contributed by atoms with E-state index in [0.717, 1.165) is 43.1 Å². The number of benzene rings is 2. The van der Waals surface area contributed by atoms with Crippen LogP contribution in [0.15, 0.2) is 47.6 Å². The van der Waals surface area contributed by atoms with E-state index in [2.05, 4.69) is 36.2 Å². The molecule has 0 spiro atoms. The van der Waals surface area contributed by atoms with Gasteiger partial charge in [0.1, 0.15) is 11.6 Å². The van der Waals surface area contributed by atoms with Gasteiger partial charge in [0.05, 0.1) is 18.7 Å². The van der Waals surface area contributed by atoms with Crippen molar-refractivity contribution in [2.75, 3.05) is 27.2 Å². The van der Waals surface area contributed by atoms with Crippen LogP contribution in [-0.2, 0) is 17.6 Å². The van der Waals surface area contributed by atoms with Crippen molar-refractivity contribution in [3.63, 3.8) is 0 Å². The molecule has 3 rings (SSSR count). The van der Waals surface area contributed by atoms with Crippen LogP contribution in [-0.4, -0.2) is 48.7 Å². The summed E-state index contributed by atoms with van der Waals surface area (Å²) in [6.45, 7) is 1.40. The lowest BCUT2D eigenvalue weighted by Crippen LogP contribution is -2.25. The molecule has 2 aromatic carbocycles. The first-order valence-electron chi connectivity index (χ1n) is 9.48. The summed E-state index contributed by atoms with van der Waals surface area (Å²) in [6.07, 6.45) is 2.68. The molecule has 0 atom stereocenters. The van der Waals surface area contributed by atoms with Gasteiger partial charge in [0.25, 0.3) is 0 Å². The molecule has 0 N–H and O–H groups in total. The van der Waals surface area contributed by atoms with E-state index in [1.807, 2.05) is 12.1 Å². The lowest BCUT2D eigenvalue weighted by Gasteiger charge is -2.12. The van der Waals surface area contributed by atoms with Crippen LogP contribution in [0, 0.1) is 11.6 Å². The van der Waals surface area contributed by atoms with Gasteiger partial charge in [-0.25, -0.2) is 13.8 Å². The summed E-state index contributed by atoms with van der Waals surface area (Å²) in [7, 11) is 4.10. The number of aryl methyl sites for hydroxylation is 1. The highest BCUT2D eigenvalue weighted by molar-refractivity contribution is 6.02. The third-order valence-electron chi connectivity index (χ3n) is 4.75. The highest BCUT2D eigenvalue weighted by atomic mass is 19.1. The van der Waals surface area contributed by atoms with Crippen LogP contribution >= 0.6 is 0 Å². The lowest BCUT2D eigenvalue weighted by atomic mass is 10.0. The Morgan fingerprint density at radius 1 is 1.14 bits per heavy atom. The van der Waals surface area contributed by atoms with Gasteiger partial charge in [0.2, 0.25) is 5.91 Å². The van der Waals surface area contributed by atoms with E-state index in [4.69, 9.17) is 0 Å². The summed E-state index contributed by atoms with van der Waals surface area (Å²) in [6, 6.07) is 11.3. The molecule has 0 unspecified atom stereocenters. The van der Waals surface area contributed by atoms with Crippen LogP contribution in [0.2, 0.25) is 0 Å². The van der Waals surface area contributed by atoms with Gasteiger partial charge >= 0.3 is 0 Å². The molecule has 1 aliphatic heterocycles. The van der Waals surface area contributed by atoms with Gasteiger partial charge in [0, 0.05) is 12.0 Å². The maximum atomic E-state index is 13.9. The first-order chi connectivity index (χ1) is 13.4. The van der Waals surface area contributed by atoms with Crippen LogP contribution in [0.1, 0.15) is 29.5 Å². The second-order valence-electron chi connectivity index (χ2n) is 7.34. The lowest BCUT2D eigenvalue weighted by molar-refractivity contribution is -0.130. The summed E-state index contributed by atoms with van der Waals surface area (Å²) in [4.78, 5) is 14.8. The molecular formula is C22H25F2N3O. The summed E-state index contributed by atoms with van der Waals surface area (Å²) in [5.41, 5.74) is 2.67. The van der Waals surface area contributed by atoms with Crippen LogP contribution in [0.5, 0.6) is 0 Å². The molecule has 0 fully saturated rings. The van der Waals surface area contributed by atoms with E-state index >= 15 is 0 Å². The number of nitrogens with zero attached hydrogens (tertiary/aromatic N) is 3. The predicted octanol–water partition coefficient (Wildman–Crippen LogP) is 3.64. The van der Waals surface area contributed by atoms with E-state index in [0.29, 0.717) is 18.7 Å². The largest absolute Gasteiger partial charge is 0.309 e. The summed E-state index contributed by atoms with van der Waals surface area (Å²) < 4.78 is 27.3. The molecular weight excluding hydrogens is 360 g/mol. The number of rotatable bonds is 7. The molecule has 1 amide bonds. The fraction of sp³-hybridized carbons (Fsp3) is 0.364. The number of hydrogen-bond donors (Lipinski definition) is 0. The van der Waals surface area contributed by atoms with E-state index in [1.165, 1.54) is 10.6 Å². The molecule has 148 valence electrons. The standard InChI is InChI=1S/C22H25F2N3O/c1-26(2)11-4-7-16-5-3-6-17(13-16)14-22(28)27-12-10-21(25-27)19-15-18(23)8-9-20(19)24/h3,5-6,8-9,13,15H,4,7,10-12,14H2,1-2H3. The van der Waals surface area contributed by atoms with Gasteiger partial charge in [-0.3, -0.25) is 4.79 Å². The van der Waals surface area contributed by atoms with Crippen LogP contribution in [0.25, 0.3) is 0 Å². The van der Waals surface area contributed by atoms with Gasteiger partial charge in [-0.15, -0.1) is 0 Å². The highest BCUT2D eigenvalue weighted by Crippen LogP contribution is 2.19. The van der Waals surface area contributed by atoms with Crippen molar-refractivity contribution in [1.82, 2.24) is 9.91 Å². The Morgan fingerprint density at radius 3 is 2.71 bits per heavy atom. The molecule has 0 aromatic heterocycles. The quantitative estimate of drug-likeness (QED) is 0.730. The summed E-state index contributed by atoms with van der Waals surface area (Å²) >= 11 is 0.